The molecular formula is C48H36N2. The Labute approximate surface area is 290 Å². The molecule has 0 atom stereocenters. The molecule has 2 nitrogen and oxygen atoms in total. The highest BCUT2D eigenvalue weighted by molar-refractivity contribution is 6.28. The summed E-state index contributed by atoms with van der Waals surface area (Å²) in [6, 6.07) is 56.8. The number of para-hydroxylation sites is 3. The predicted octanol–water partition coefficient (Wildman–Crippen LogP) is 13.4. The molecule has 50 heavy (non-hydrogen) atoms. The lowest BCUT2D eigenvalue weighted by molar-refractivity contribution is 0.444. The van der Waals surface area contributed by atoms with Crippen LogP contribution in [0.5, 0.6) is 0 Å². The number of nitrogens with zero attached hydrogens (tertiary/aromatic N) is 2. The van der Waals surface area contributed by atoms with Crippen LogP contribution in [0.3, 0.4) is 0 Å². The van der Waals surface area contributed by atoms with Crippen molar-refractivity contribution < 1.29 is 0 Å². The topological polar surface area (TPSA) is 9.86 Å². The molecule has 2 aromatic heterocycles. The van der Waals surface area contributed by atoms with Crippen LogP contribution in [-0.4, -0.2) is 9.13 Å². The molecule has 1 saturated carbocycles. The summed E-state index contributed by atoms with van der Waals surface area (Å²) in [5.74, 6) is 0.687. The summed E-state index contributed by atoms with van der Waals surface area (Å²) in [5.41, 5.74) is 8.82. The Morgan fingerprint density at radius 2 is 0.940 bits per heavy atom. The van der Waals surface area contributed by atoms with Crippen molar-refractivity contribution in [1.82, 2.24) is 9.13 Å². The predicted molar refractivity (Wildman–Crippen MR) is 213 cm³/mol. The van der Waals surface area contributed by atoms with Gasteiger partial charge in [0.15, 0.2) is 0 Å². The van der Waals surface area contributed by atoms with Gasteiger partial charge in [-0.05, 0) is 99.1 Å². The molecular weight excluding hydrogens is 605 g/mol. The van der Waals surface area contributed by atoms with Gasteiger partial charge in [-0.15, -0.1) is 0 Å². The fourth-order valence-corrected chi connectivity index (χ4v) is 9.42. The molecule has 0 radical (unpaired) electrons. The number of rotatable bonds is 3. The molecule has 1 fully saturated rings. The van der Waals surface area contributed by atoms with E-state index in [1.807, 2.05) is 0 Å². The second-order valence-electron chi connectivity index (χ2n) is 14.3. The van der Waals surface area contributed by atoms with Gasteiger partial charge < -0.3 is 9.13 Å². The Balaban J connectivity index is 1.21. The third-order valence-corrected chi connectivity index (χ3v) is 11.7. The molecule has 0 saturated heterocycles. The first kappa shape index (κ1) is 28.0. The summed E-state index contributed by atoms with van der Waals surface area (Å²) in [5, 5.41) is 13.2. The Morgan fingerprint density at radius 3 is 1.70 bits per heavy atom. The highest BCUT2D eigenvalue weighted by Crippen LogP contribution is 2.44. The van der Waals surface area contributed by atoms with Crippen molar-refractivity contribution in [3.63, 3.8) is 0 Å². The van der Waals surface area contributed by atoms with Gasteiger partial charge in [0, 0.05) is 32.9 Å². The average Bonchev–Trinajstić information content (AvgIpc) is 3.71. The first-order chi connectivity index (χ1) is 24.8. The van der Waals surface area contributed by atoms with Crippen LogP contribution in [0, 0.1) is 0 Å². The van der Waals surface area contributed by atoms with Gasteiger partial charge in [-0.1, -0.05) is 128 Å². The van der Waals surface area contributed by atoms with Crippen LogP contribution in [0.4, 0.5) is 0 Å². The third-order valence-electron chi connectivity index (χ3n) is 11.7. The molecule has 11 rings (SSSR count). The quantitative estimate of drug-likeness (QED) is 0.170. The molecule has 238 valence electrons. The standard InChI is InChI=1S/C48H36N2/c1-3-13-31(14-4-1)32-23-25-37-38-26-24-34(30-43(38)36-18-8-7-17-35(36)42(37)29-32)49-45-22-12-10-20-41(45)47-46(49)28-27-40-39-19-9-11-21-44(39)50(48(40)47)33-15-5-2-6-16-33/h2,5-12,15-31H,1,3-4,13-14H2. The lowest BCUT2D eigenvalue weighted by Crippen LogP contribution is -2.04. The van der Waals surface area contributed by atoms with Gasteiger partial charge in [-0.3, -0.25) is 0 Å². The fourth-order valence-electron chi connectivity index (χ4n) is 9.42. The summed E-state index contributed by atoms with van der Waals surface area (Å²) >= 11 is 0. The van der Waals surface area contributed by atoms with Gasteiger partial charge in [0.05, 0.1) is 22.1 Å². The summed E-state index contributed by atoms with van der Waals surface area (Å²) in [6.45, 7) is 0. The van der Waals surface area contributed by atoms with Gasteiger partial charge in [-0.25, -0.2) is 0 Å². The van der Waals surface area contributed by atoms with E-state index in [-0.39, 0.29) is 0 Å². The Hall–Kier alpha value is -5.86. The van der Waals surface area contributed by atoms with Crippen molar-refractivity contribution in [2.24, 2.45) is 0 Å². The second kappa shape index (κ2) is 10.8. The maximum atomic E-state index is 2.52. The third kappa shape index (κ3) is 3.96. The average molecular weight is 641 g/mol. The number of hydrogen-bond acceptors (Lipinski definition) is 0. The van der Waals surface area contributed by atoms with Crippen LogP contribution in [0.25, 0.3) is 87.3 Å². The largest absolute Gasteiger partial charge is 0.309 e. The Bertz CT molecular complexity index is 2930. The van der Waals surface area contributed by atoms with Crippen LogP contribution >= 0.6 is 0 Å². The van der Waals surface area contributed by atoms with E-state index >= 15 is 0 Å². The number of aromatic nitrogens is 2. The number of hydrogen-bond donors (Lipinski definition) is 0. The van der Waals surface area contributed by atoms with E-state index in [4.69, 9.17) is 0 Å². The lowest BCUT2D eigenvalue weighted by atomic mass is 9.82. The molecule has 2 heterocycles. The SMILES string of the molecule is c1ccc(-n2c3ccccc3c3ccc4c(c5ccccc5n4-c4ccc5c6ccc(C7CCCCC7)cc6c6ccccc6c5c4)c32)cc1. The molecule has 10 aromatic rings. The first-order valence-corrected chi connectivity index (χ1v) is 18.2. The van der Waals surface area contributed by atoms with E-state index in [2.05, 4.69) is 161 Å². The van der Waals surface area contributed by atoms with E-state index in [0.29, 0.717) is 5.92 Å². The number of fused-ring (bicyclic) bond motifs is 13. The molecule has 8 aromatic carbocycles. The van der Waals surface area contributed by atoms with Crippen LogP contribution < -0.4 is 0 Å². The van der Waals surface area contributed by atoms with Crippen molar-refractivity contribution in [2.45, 2.75) is 38.0 Å². The lowest BCUT2D eigenvalue weighted by Gasteiger charge is -2.23. The minimum Gasteiger partial charge on any atom is -0.309 e. The van der Waals surface area contributed by atoms with E-state index in [1.165, 1.54) is 125 Å². The van der Waals surface area contributed by atoms with Crippen LogP contribution in [0.1, 0.15) is 43.6 Å². The fraction of sp³-hybridized carbons (Fsp3) is 0.125. The van der Waals surface area contributed by atoms with Gasteiger partial charge in [-0.2, -0.15) is 0 Å². The van der Waals surface area contributed by atoms with Gasteiger partial charge in [0.25, 0.3) is 0 Å². The normalized spacial score (nSPS) is 14.3. The Kier molecular flexibility index (Phi) is 6.07. The van der Waals surface area contributed by atoms with E-state index in [9.17, 15) is 0 Å². The van der Waals surface area contributed by atoms with Crippen molar-refractivity contribution in [2.75, 3.05) is 0 Å². The Morgan fingerprint density at radius 1 is 0.360 bits per heavy atom. The van der Waals surface area contributed by atoms with Crippen molar-refractivity contribution in [1.29, 1.82) is 0 Å². The first-order valence-electron chi connectivity index (χ1n) is 18.2. The second-order valence-corrected chi connectivity index (χ2v) is 14.3. The van der Waals surface area contributed by atoms with E-state index in [0.717, 1.165) is 0 Å². The molecule has 0 N–H and O–H groups in total. The summed E-state index contributed by atoms with van der Waals surface area (Å²) in [7, 11) is 0. The van der Waals surface area contributed by atoms with E-state index < -0.39 is 0 Å². The zero-order valence-electron chi connectivity index (χ0n) is 27.9. The monoisotopic (exact) mass is 640 g/mol. The molecule has 0 spiro atoms. The van der Waals surface area contributed by atoms with Crippen molar-refractivity contribution in [3.8, 4) is 11.4 Å². The molecule has 2 heteroatoms. The zero-order valence-corrected chi connectivity index (χ0v) is 27.9. The molecule has 0 amide bonds. The highest BCUT2D eigenvalue weighted by atomic mass is 15.0. The molecule has 0 unspecified atom stereocenters. The number of benzene rings is 8. The van der Waals surface area contributed by atoms with Crippen LogP contribution in [0.15, 0.2) is 152 Å². The molecule has 0 aliphatic heterocycles. The zero-order chi connectivity index (χ0) is 32.8. The van der Waals surface area contributed by atoms with Gasteiger partial charge in [0.2, 0.25) is 0 Å². The summed E-state index contributed by atoms with van der Waals surface area (Å²) in [4.78, 5) is 0. The maximum Gasteiger partial charge on any atom is 0.0641 e. The van der Waals surface area contributed by atoms with Crippen LogP contribution in [-0.2, 0) is 0 Å². The van der Waals surface area contributed by atoms with Crippen molar-refractivity contribution >= 4 is 75.9 Å². The maximum absolute atomic E-state index is 2.52. The highest BCUT2D eigenvalue weighted by Gasteiger charge is 2.22. The summed E-state index contributed by atoms with van der Waals surface area (Å²) < 4.78 is 4.95. The molecule has 1 aliphatic carbocycles. The minimum atomic E-state index is 0.687. The van der Waals surface area contributed by atoms with Gasteiger partial charge >= 0.3 is 0 Å². The summed E-state index contributed by atoms with van der Waals surface area (Å²) in [6.07, 6.45) is 6.72. The smallest absolute Gasteiger partial charge is 0.0641 e. The van der Waals surface area contributed by atoms with E-state index in [1.54, 1.807) is 0 Å². The molecule has 0 bridgehead atoms. The van der Waals surface area contributed by atoms with Crippen molar-refractivity contribution in [3.05, 3.63) is 157 Å². The van der Waals surface area contributed by atoms with Gasteiger partial charge in [0.1, 0.15) is 0 Å². The molecule has 1 aliphatic rings. The van der Waals surface area contributed by atoms with Crippen LogP contribution in [0.2, 0.25) is 0 Å². The minimum absolute atomic E-state index is 0.687.